The van der Waals surface area contributed by atoms with E-state index in [0.717, 1.165) is 11.1 Å². The molecule has 0 unspecified atom stereocenters. The smallest absolute Gasteiger partial charge is 0.358 e. The summed E-state index contributed by atoms with van der Waals surface area (Å²) in [5, 5.41) is 21.2. The van der Waals surface area contributed by atoms with Gasteiger partial charge in [0.05, 0.1) is 30.5 Å². The number of carbonyl (C=O) groups excluding carboxylic acids is 1. The molecule has 134 valence electrons. The molecule has 0 aliphatic rings. The molecule has 3 aromatic rings. The summed E-state index contributed by atoms with van der Waals surface area (Å²) in [7, 11) is 0. The van der Waals surface area contributed by atoms with Gasteiger partial charge in [-0.1, -0.05) is 24.3 Å². The SMILES string of the molecule is Cc1ccccc1Cn1cnc(NC(=O)CCn2ccc([N+](=O)[O-])n2)n1. The monoisotopic (exact) mass is 355 g/mol. The molecule has 0 atom stereocenters. The van der Waals surface area contributed by atoms with E-state index in [1.807, 2.05) is 31.2 Å². The van der Waals surface area contributed by atoms with Crippen molar-refractivity contribution in [2.24, 2.45) is 0 Å². The van der Waals surface area contributed by atoms with Gasteiger partial charge in [-0.25, -0.2) is 9.67 Å². The number of rotatable bonds is 7. The van der Waals surface area contributed by atoms with E-state index in [4.69, 9.17) is 0 Å². The molecule has 0 saturated heterocycles. The maximum Gasteiger partial charge on any atom is 0.389 e. The number of aryl methyl sites for hydroxylation is 2. The van der Waals surface area contributed by atoms with Crippen molar-refractivity contribution in [1.29, 1.82) is 0 Å². The lowest BCUT2D eigenvalue weighted by atomic mass is 10.1. The minimum Gasteiger partial charge on any atom is -0.358 e. The first kappa shape index (κ1) is 17.3. The Labute approximate surface area is 148 Å². The van der Waals surface area contributed by atoms with Gasteiger partial charge in [0.1, 0.15) is 6.33 Å². The summed E-state index contributed by atoms with van der Waals surface area (Å²) in [6.07, 6.45) is 3.12. The van der Waals surface area contributed by atoms with Crippen LogP contribution in [0.3, 0.4) is 0 Å². The molecule has 0 fully saturated rings. The van der Waals surface area contributed by atoms with Crippen LogP contribution in [0, 0.1) is 17.0 Å². The maximum absolute atomic E-state index is 12.0. The zero-order valence-electron chi connectivity index (χ0n) is 14.1. The molecule has 2 heterocycles. The van der Waals surface area contributed by atoms with Gasteiger partial charge in [0, 0.05) is 6.42 Å². The second-order valence-corrected chi connectivity index (χ2v) is 5.68. The third-order valence-corrected chi connectivity index (χ3v) is 3.76. The molecule has 26 heavy (non-hydrogen) atoms. The van der Waals surface area contributed by atoms with E-state index in [9.17, 15) is 14.9 Å². The van der Waals surface area contributed by atoms with Crippen molar-refractivity contribution < 1.29 is 9.72 Å². The van der Waals surface area contributed by atoms with Gasteiger partial charge in [-0.05, 0) is 23.0 Å². The molecule has 0 radical (unpaired) electrons. The number of aromatic nitrogens is 5. The number of hydrogen-bond acceptors (Lipinski definition) is 6. The lowest BCUT2D eigenvalue weighted by Crippen LogP contribution is -2.16. The van der Waals surface area contributed by atoms with Crippen LogP contribution in [0.25, 0.3) is 0 Å². The van der Waals surface area contributed by atoms with Crippen molar-refractivity contribution in [2.45, 2.75) is 26.4 Å². The summed E-state index contributed by atoms with van der Waals surface area (Å²) < 4.78 is 3.00. The summed E-state index contributed by atoms with van der Waals surface area (Å²) in [5.41, 5.74) is 2.28. The average molecular weight is 355 g/mol. The number of nitro groups is 1. The third kappa shape index (κ3) is 4.29. The third-order valence-electron chi connectivity index (χ3n) is 3.76. The summed E-state index contributed by atoms with van der Waals surface area (Å²) in [4.78, 5) is 26.0. The van der Waals surface area contributed by atoms with Gasteiger partial charge in [-0.2, -0.15) is 4.68 Å². The number of carbonyl (C=O) groups is 1. The Bertz CT molecular complexity index is 931. The van der Waals surface area contributed by atoms with Crippen LogP contribution < -0.4 is 5.32 Å². The molecule has 10 heteroatoms. The average Bonchev–Trinajstić information content (AvgIpc) is 3.25. The lowest BCUT2D eigenvalue weighted by Gasteiger charge is -2.04. The number of hydrogen-bond donors (Lipinski definition) is 1. The number of anilines is 1. The highest BCUT2D eigenvalue weighted by atomic mass is 16.6. The number of nitrogens with one attached hydrogen (secondary N) is 1. The van der Waals surface area contributed by atoms with Crippen LogP contribution >= 0.6 is 0 Å². The van der Waals surface area contributed by atoms with E-state index < -0.39 is 4.92 Å². The quantitative estimate of drug-likeness (QED) is 0.509. The van der Waals surface area contributed by atoms with E-state index in [-0.39, 0.29) is 30.6 Å². The van der Waals surface area contributed by atoms with Crippen molar-refractivity contribution in [3.8, 4) is 0 Å². The highest BCUT2D eigenvalue weighted by Gasteiger charge is 2.13. The fraction of sp³-hybridized carbons (Fsp3) is 0.250. The standard InChI is InChI=1S/C16H17N7O3/c1-12-4-2-3-5-13(12)10-22-11-17-16(20-22)18-15(24)7-9-21-8-6-14(19-21)23(25)26/h2-6,8,11H,7,9-10H2,1H3,(H,18,20,24). The second kappa shape index (κ2) is 7.55. The van der Waals surface area contributed by atoms with Crippen molar-refractivity contribution in [2.75, 3.05) is 5.32 Å². The summed E-state index contributed by atoms with van der Waals surface area (Å²) >= 11 is 0. The topological polar surface area (TPSA) is 121 Å². The van der Waals surface area contributed by atoms with Gasteiger partial charge in [-0.3, -0.25) is 10.1 Å². The fourth-order valence-corrected chi connectivity index (χ4v) is 2.37. The van der Waals surface area contributed by atoms with Crippen LogP contribution in [0.2, 0.25) is 0 Å². The first-order valence-corrected chi connectivity index (χ1v) is 7.93. The first-order valence-electron chi connectivity index (χ1n) is 7.93. The molecular formula is C16H17N7O3. The van der Waals surface area contributed by atoms with Gasteiger partial charge in [0.15, 0.2) is 0 Å². The Balaban J connectivity index is 1.52. The van der Waals surface area contributed by atoms with Crippen molar-refractivity contribution >= 4 is 17.7 Å². The van der Waals surface area contributed by atoms with E-state index in [1.54, 1.807) is 11.0 Å². The van der Waals surface area contributed by atoms with Crippen LogP contribution in [-0.2, 0) is 17.9 Å². The Morgan fingerprint density at radius 2 is 2.04 bits per heavy atom. The Hall–Kier alpha value is -3.56. The predicted molar refractivity (Wildman–Crippen MR) is 92.4 cm³/mol. The van der Waals surface area contributed by atoms with E-state index >= 15 is 0 Å². The summed E-state index contributed by atoms with van der Waals surface area (Å²) in [6, 6.07) is 9.25. The van der Waals surface area contributed by atoms with Crippen molar-refractivity contribution in [3.63, 3.8) is 0 Å². The number of benzene rings is 1. The van der Waals surface area contributed by atoms with Crippen molar-refractivity contribution in [1.82, 2.24) is 24.5 Å². The van der Waals surface area contributed by atoms with E-state index in [1.165, 1.54) is 16.9 Å². The molecule has 1 amide bonds. The predicted octanol–water partition coefficient (Wildman–Crippen LogP) is 1.77. The van der Waals surface area contributed by atoms with Gasteiger partial charge in [0.2, 0.25) is 11.9 Å². The molecule has 0 bridgehead atoms. The normalized spacial score (nSPS) is 10.7. The molecular weight excluding hydrogens is 338 g/mol. The minimum atomic E-state index is -0.582. The fourth-order valence-electron chi connectivity index (χ4n) is 2.37. The zero-order valence-corrected chi connectivity index (χ0v) is 14.1. The minimum absolute atomic E-state index is 0.102. The van der Waals surface area contributed by atoms with Crippen LogP contribution in [-0.4, -0.2) is 35.4 Å². The Kier molecular flexibility index (Phi) is 5.02. The second-order valence-electron chi connectivity index (χ2n) is 5.68. The van der Waals surface area contributed by atoms with E-state index in [2.05, 4.69) is 20.5 Å². The lowest BCUT2D eigenvalue weighted by molar-refractivity contribution is -0.389. The van der Waals surface area contributed by atoms with Crippen LogP contribution in [0.4, 0.5) is 11.8 Å². The first-order chi connectivity index (χ1) is 12.5. The zero-order chi connectivity index (χ0) is 18.5. The van der Waals surface area contributed by atoms with Crippen LogP contribution in [0.1, 0.15) is 17.5 Å². The molecule has 0 saturated carbocycles. The maximum atomic E-state index is 12.0. The summed E-state index contributed by atoms with van der Waals surface area (Å²) in [6.45, 7) is 2.81. The molecule has 0 spiro atoms. The Morgan fingerprint density at radius 3 is 2.77 bits per heavy atom. The number of amides is 1. The Morgan fingerprint density at radius 1 is 1.23 bits per heavy atom. The highest BCUT2D eigenvalue weighted by Crippen LogP contribution is 2.09. The van der Waals surface area contributed by atoms with Gasteiger partial charge in [-0.15, -0.1) is 5.10 Å². The number of nitrogens with zero attached hydrogens (tertiary/aromatic N) is 6. The molecule has 1 N–H and O–H groups in total. The van der Waals surface area contributed by atoms with E-state index in [0.29, 0.717) is 6.54 Å². The van der Waals surface area contributed by atoms with Gasteiger partial charge < -0.3 is 10.1 Å². The largest absolute Gasteiger partial charge is 0.389 e. The molecule has 3 rings (SSSR count). The molecule has 2 aromatic heterocycles. The van der Waals surface area contributed by atoms with Crippen molar-refractivity contribution in [3.05, 3.63) is 64.1 Å². The molecule has 0 aliphatic carbocycles. The highest BCUT2D eigenvalue weighted by molar-refractivity contribution is 5.88. The van der Waals surface area contributed by atoms with Crippen LogP contribution in [0.5, 0.6) is 0 Å². The molecule has 0 aliphatic heterocycles. The molecule has 1 aromatic carbocycles. The molecule has 10 nitrogen and oxygen atoms in total. The van der Waals surface area contributed by atoms with Gasteiger partial charge in [0.25, 0.3) is 0 Å². The summed E-state index contributed by atoms with van der Waals surface area (Å²) in [5.74, 6) is -0.325. The van der Waals surface area contributed by atoms with Gasteiger partial charge >= 0.3 is 5.82 Å². The van der Waals surface area contributed by atoms with Crippen LogP contribution in [0.15, 0.2) is 42.9 Å².